The van der Waals surface area contributed by atoms with Crippen molar-refractivity contribution in [1.82, 2.24) is 0 Å². The molecule has 1 aliphatic carbocycles. The summed E-state index contributed by atoms with van der Waals surface area (Å²) in [5.41, 5.74) is 1.54. The van der Waals surface area contributed by atoms with Crippen molar-refractivity contribution in [3.05, 3.63) is 61.4 Å². The summed E-state index contributed by atoms with van der Waals surface area (Å²) in [6, 6.07) is 7.30. The summed E-state index contributed by atoms with van der Waals surface area (Å²) in [7, 11) is 0. The van der Waals surface area contributed by atoms with Gasteiger partial charge in [-0.2, -0.15) is 0 Å². The average Bonchev–Trinajstić information content (AvgIpc) is 2.93. The van der Waals surface area contributed by atoms with Crippen molar-refractivity contribution in [2.45, 2.75) is 13.3 Å². The lowest BCUT2D eigenvalue weighted by Gasteiger charge is -2.09. The van der Waals surface area contributed by atoms with Gasteiger partial charge in [0.2, 0.25) is 0 Å². The molecular weight excluding hydrogens is 238 g/mol. The van der Waals surface area contributed by atoms with Crippen LogP contribution in [0.1, 0.15) is 23.7 Å². The number of rotatable bonds is 6. The van der Waals surface area contributed by atoms with Gasteiger partial charge in [-0.3, -0.25) is 9.59 Å². The largest absolute Gasteiger partial charge is 0.385 e. The minimum absolute atomic E-state index is 0.0384. The number of anilines is 1. The highest BCUT2D eigenvalue weighted by Gasteiger charge is 2.23. The van der Waals surface area contributed by atoms with Gasteiger partial charge in [-0.1, -0.05) is 12.1 Å². The maximum absolute atomic E-state index is 11.8. The van der Waals surface area contributed by atoms with Gasteiger partial charge in [0.1, 0.15) is 5.78 Å². The Bertz CT molecular complexity index is 462. The molecule has 3 heteroatoms. The predicted molar refractivity (Wildman–Crippen MR) is 75.0 cm³/mol. The lowest BCUT2D eigenvalue weighted by Crippen LogP contribution is -2.14. The van der Waals surface area contributed by atoms with Crippen LogP contribution >= 0.6 is 0 Å². The Morgan fingerprint density at radius 3 is 2.58 bits per heavy atom. The van der Waals surface area contributed by atoms with Crippen molar-refractivity contribution >= 4 is 17.3 Å². The number of benzene rings is 1. The second-order valence-corrected chi connectivity index (χ2v) is 4.41. The molecule has 0 atom stereocenters. The first kappa shape index (κ1) is 13.8. The first-order valence-electron chi connectivity index (χ1n) is 6.26. The SMILES string of the molecule is CC(=O)c1cccc(NCCC(=O)[C]2[CH][CH][CH][CH]2)c1. The third kappa shape index (κ3) is 3.91. The Hall–Kier alpha value is -1.64. The third-order valence-electron chi connectivity index (χ3n) is 2.93. The molecule has 1 aliphatic rings. The van der Waals surface area contributed by atoms with Crippen LogP contribution in [0.25, 0.3) is 0 Å². The highest BCUT2D eigenvalue weighted by atomic mass is 16.1. The Labute approximate surface area is 114 Å². The number of carbonyl (C=O) groups is 2. The van der Waals surface area contributed by atoms with Crippen LogP contribution in [0.3, 0.4) is 0 Å². The lowest BCUT2D eigenvalue weighted by molar-refractivity contribution is -0.116. The Kier molecular flexibility index (Phi) is 4.72. The molecular formula is C16H16NO2. The topological polar surface area (TPSA) is 46.2 Å². The van der Waals surface area contributed by atoms with Gasteiger partial charge in [0.15, 0.2) is 5.78 Å². The second-order valence-electron chi connectivity index (χ2n) is 4.41. The maximum Gasteiger partial charge on any atom is 0.159 e. The van der Waals surface area contributed by atoms with Crippen LogP contribution in [0, 0.1) is 31.6 Å². The molecule has 1 aromatic carbocycles. The van der Waals surface area contributed by atoms with Crippen LogP contribution in [0.15, 0.2) is 24.3 Å². The standard InChI is InChI=1S/C16H16NO2/c1-12(18)14-7-4-8-15(11-14)17-10-9-16(19)13-5-2-3-6-13/h2-8,11,17H,9-10H2,1H3. The maximum atomic E-state index is 11.8. The van der Waals surface area contributed by atoms with Crippen molar-refractivity contribution in [2.24, 2.45) is 0 Å². The van der Waals surface area contributed by atoms with Crippen LogP contribution in [-0.2, 0) is 4.79 Å². The molecule has 1 fully saturated rings. The summed E-state index contributed by atoms with van der Waals surface area (Å²) < 4.78 is 0. The van der Waals surface area contributed by atoms with Crippen molar-refractivity contribution in [3.8, 4) is 0 Å². The molecule has 19 heavy (non-hydrogen) atoms. The highest BCUT2D eigenvalue weighted by molar-refractivity contribution is 5.98. The van der Waals surface area contributed by atoms with Gasteiger partial charge in [-0.15, -0.1) is 0 Å². The molecule has 1 N–H and O–H groups in total. The molecule has 0 heterocycles. The monoisotopic (exact) mass is 254 g/mol. The number of Topliss-reactive ketones (excluding diaryl/α,β-unsaturated/α-hetero) is 2. The summed E-state index contributed by atoms with van der Waals surface area (Å²) in [5, 5.41) is 3.16. The van der Waals surface area contributed by atoms with E-state index in [-0.39, 0.29) is 11.6 Å². The van der Waals surface area contributed by atoms with Crippen molar-refractivity contribution in [3.63, 3.8) is 0 Å². The summed E-state index contributed by atoms with van der Waals surface area (Å²) in [4.78, 5) is 23.0. The van der Waals surface area contributed by atoms with E-state index in [9.17, 15) is 9.59 Å². The molecule has 5 radical (unpaired) electrons. The van der Waals surface area contributed by atoms with E-state index in [1.807, 2.05) is 37.8 Å². The minimum Gasteiger partial charge on any atom is -0.385 e. The molecule has 0 unspecified atom stereocenters. The summed E-state index contributed by atoms with van der Waals surface area (Å²) in [6.07, 6.45) is 7.79. The number of hydrogen-bond donors (Lipinski definition) is 1. The third-order valence-corrected chi connectivity index (χ3v) is 2.93. The van der Waals surface area contributed by atoms with Crippen LogP contribution in [0.5, 0.6) is 0 Å². The zero-order chi connectivity index (χ0) is 13.7. The summed E-state index contributed by atoms with van der Waals surface area (Å²) >= 11 is 0. The molecule has 1 aromatic rings. The molecule has 1 saturated carbocycles. The summed E-state index contributed by atoms with van der Waals surface area (Å²) in [6.45, 7) is 2.10. The zero-order valence-electron chi connectivity index (χ0n) is 10.8. The number of nitrogens with one attached hydrogen (secondary N) is 1. The Balaban J connectivity index is 1.80. The molecule has 3 nitrogen and oxygen atoms in total. The van der Waals surface area contributed by atoms with Crippen LogP contribution in [0.4, 0.5) is 5.69 Å². The first-order valence-corrected chi connectivity index (χ1v) is 6.26. The van der Waals surface area contributed by atoms with Gasteiger partial charge in [-0.05, 0) is 44.7 Å². The fourth-order valence-corrected chi connectivity index (χ4v) is 1.87. The van der Waals surface area contributed by atoms with E-state index in [1.165, 1.54) is 6.92 Å². The Morgan fingerprint density at radius 1 is 1.16 bits per heavy atom. The minimum atomic E-state index is 0.0384. The fraction of sp³-hybridized carbons (Fsp3) is 0.188. The number of carbonyl (C=O) groups excluding carboxylic acids is 2. The molecule has 0 saturated heterocycles. The second kappa shape index (κ2) is 6.50. The molecule has 0 aliphatic heterocycles. The normalized spacial score (nSPS) is 15.4. The van der Waals surface area contributed by atoms with Crippen LogP contribution in [-0.4, -0.2) is 18.1 Å². The zero-order valence-corrected chi connectivity index (χ0v) is 10.8. The number of ketones is 2. The van der Waals surface area contributed by atoms with E-state index in [1.54, 1.807) is 12.1 Å². The molecule has 97 valence electrons. The van der Waals surface area contributed by atoms with E-state index in [4.69, 9.17) is 0 Å². The van der Waals surface area contributed by atoms with E-state index in [0.29, 0.717) is 18.5 Å². The average molecular weight is 254 g/mol. The van der Waals surface area contributed by atoms with Gasteiger partial charge < -0.3 is 5.32 Å². The van der Waals surface area contributed by atoms with Gasteiger partial charge >= 0.3 is 0 Å². The van der Waals surface area contributed by atoms with Crippen molar-refractivity contribution < 1.29 is 9.59 Å². The summed E-state index contributed by atoms with van der Waals surface area (Å²) in [5.74, 6) is 0.913. The predicted octanol–water partition coefficient (Wildman–Crippen LogP) is 2.67. The fourth-order valence-electron chi connectivity index (χ4n) is 1.87. The molecule has 0 aromatic heterocycles. The van der Waals surface area contributed by atoms with Gasteiger partial charge in [0.25, 0.3) is 0 Å². The number of hydrogen-bond acceptors (Lipinski definition) is 3. The van der Waals surface area contributed by atoms with Crippen LogP contribution < -0.4 is 5.32 Å². The van der Waals surface area contributed by atoms with Gasteiger partial charge in [0, 0.05) is 30.1 Å². The van der Waals surface area contributed by atoms with E-state index < -0.39 is 0 Å². The van der Waals surface area contributed by atoms with E-state index >= 15 is 0 Å². The molecule has 0 bridgehead atoms. The van der Waals surface area contributed by atoms with Gasteiger partial charge in [0.05, 0.1) is 0 Å². The Morgan fingerprint density at radius 2 is 1.89 bits per heavy atom. The molecule has 2 rings (SSSR count). The van der Waals surface area contributed by atoms with Crippen molar-refractivity contribution in [2.75, 3.05) is 11.9 Å². The highest BCUT2D eigenvalue weighted by Crippen LogP contribution is 2.24. The molecule has 0 amide bonds. The van der Waals surface area contributed by atoms with Gasteiger partial charge in [-0.25, -0.2) is 0 Å². The van der Waals surface area contributed by atoms with E-state index in [2.05, 4.69) is 5.32 Å². The smallest absolute Gasteiger partial charge is 0.159 e. The quantitative estimate of drug-likeness (QED) is 0.794. The van der Waals surface area contributed by atoms with E-state index in [0.717, 1.165) is 11.6 Å². The first-order chi connectivity index (χ1) is 9.16. The molecule has 0 spiro atoms. The van der Waals surface area contributed by atoms with Crippen molar-refractivity contribution in [1.29, 1.82) is 0 Å². The lowest BCUT2D eigenvalue weighted by atomic mass is 10.0. The van der Waals surface area contributed by atoms with Crippen LogP contribution in [0.2, 0.25) is 0 Å².